The predicted molar refractivity (Wildman–Crippen MR) is 110 cm³/mol. The first-order chi connectivity index (χ1) is 13.6. The number of amides is 1. The molecule has 1 amide bonds. The Hall–Kier alpha value is -3.32. The molecule has 0 unspecified atom stereocenters. The van der Waals surface area contributed by atoms with Crippen LogP contribution in [0.3, 0.4) is 0 Å². The van der Waals surface area contributed by atoms with E-state index in [-0.39, 0.29) is 11.7 Å². The van der Waals surface area contributed by atoms with Crippen molar-refractivity contribution >= 4 is 33.3 Å². The maximum atomic E-state index is 12.7. The third-order valence-electron chi connectivity index (χ3n) is 4.46. The number of furan rings is 1. The van der Waals surface area contributed by atoms with Crippen LogP contribution in [0.25, 0.3) is 22.2 Å². The summed E-state index contributed by atoms with van der Waals surface area (Å²) in [5.41, 5.74) is 2.97. The van der Waals surface area contributed by atoms with Crippen LogP contribution in [0.1, 0.15) is 16.1 Å². The summed E-state index contributed by atoms with van der Waals surface area (Å²) in [6.45, 7) is 1.87. The molecule has 4 aromatic rings. The molecule has 2 aromatic carbocycles. The molecule has 0 aliphatic rings. The van der Waals surface area contributed by atoms with E-state index in [4.69, 9.17) is 13.9 Å². The van der Waals surface area contributed by atoms with E-state index in [0.29, 0.717) is 27.9 Å². The average Bonchev–Trinajstić information content (AvgIpc) is 3.32. The zero-order valence-electron chi connectivity index (χ0n) is 15.6. The van der Waals surface area contributed by atoms with Crippen molar-refractivity contribution in [1.29, 1.82) is 0 Å². The molecule has 0 spiro atoms. The van der Waals surface area contributed by atoms with Crippen LogP contribution in [0.4, 0.5) is 5.13 Å². The van der Waals surface area contributed by atoms with E-state index in [1.807, 2.05) is 54.8 Å². The van der Waals surface area contributed by atoms with E-state index in [2.05, 4.69) is 10.3 Å². The van der Waals surface area contributed by atoms with Crippen LogP contribution in [-0.4, -0.2) is 25.1 Å². The number of benzene rings is 2. The van der Waals surface area contributed by atoms with Gasteiger partial charge in [-0.1, -0.05) is 18.2 Å². The number of aryl methyl sites for hydroxylation is 1. The molecule has 6 nitrogen and oxygen atoms in total. The van der Waals surface area contributed by atoms with Crippen molar-refractivity contribution in [1.82, 2.24) is 4.98 Å². The lowest BCUT2D eigenvalue weighted by molar-refractivity contribution is 0.0998. The van der Waals surface area contributed by atoms with Crippen molar-refractivity contribution in [2.24, 2.45) is 0 Å². The van der Waals surface area contributed by atoms with Crippen molar-refractivity contribution in [3.63, 3.8) is 0 Å². The Bertz CT molecular complexity index is 1160. The topological polar surface area (TPSA) is 73.6 Å². The highest BCUT2D eigenvalue weighted by molar-refractivity contribution is 7.14. The van der Waals surface area contributed by atoms with E-state index in [0.717, 1.165) is 16.5 Å². The SMILES string of the molecule is COc1ccc(OC)c(-c2csc(NC(=O)c3oc4ccccc4c3C)n2)c1. The molecule has 0 bridgehead atoms. The van der Waals surface area contributed by atoms with E-state index in [1.54, 1.807) is 14.2 Å². The van der Waals surface area contributed by atoms with Crippen LogP contribution in [0.15, 0.2) is 52.3 Å². The molecular formula is C21H18N2O4S. The average molecular weight is 394 g/mol. The standard InChI is InChI=1S/C21H18N2O4S/c1-12-14-6-4-5-7-18(14)27-19(12)20(24)23-21-22-16(11-28-21)15-10-13(25-2)8-9-17(15)26-3/h4-11H,1-3H3,(H,22,23,24). The number of carbonyl (C=O) groups is 1. The summed E-state index contributed by atoms with van der Waals surface area (Å²) < 4.78 is 16.4. The van der Waals surface area contributed by atoms with Crippen LogP contribution in [0.5, 0.6) is 11.5 Å². The highest BCUT2D eigenvalue weighted by atomic mass is 32.1. The maximum absolute atomic E-state index is 12.7. The van der Waals surface area contributed by atoms with Gasteiger partial charge in [0, 0.05) is 21.9 Å². The predicted octanol–water partition coefficient (Wildman–Crippen LogP) is 5.13. The Balaban J connectivity index is 1.61. The number of hydrogen-bond donors (Lipinski definition) is 1. The van der Waals surface area contributed by atoms with Crippen LogP contribution < -0.4 is 14.8 Å². The van der Waals surface area contributed by atoms with Crippen molar-refractivity contribution in [2.45, 2.75) is 6.92 Å². The molecule has 1 N–H and O–H groups in total. The number of hydrogen-bond acceptors (Lipinski definition) is 6. The number of methoxy groups -OCH3 is 2. The molecule has 7 heteroatoms. The molecule has 2 heterocycles. The molecule has 0 saturated heterocycles. The second-order valence-electron chi connectivity index (χ2n) is 6.11. The number of aromatic nitrogens is 1. The van der Waals surface area contributed by atoms with Gasteiger partial charge in [0.25, 0.3) is 5.91 Å². The molecule has 28 heavy (non-hydrogen) atoms. The van der Waals surface area contributed by atoms with Crippen LogP contribution in [-0.2, 0) is 0 Å². The molecule has 4 rings (SSSR count). The van der Waals surface area contributed by atoms with Crippen LogP contribution in [0.2, 0.25) is 0 Å². The molecule has 0 radical (unpaired) electrons. The number of nitrogens with one attached hydrogen (secondary N) is 1. The van der Waals surface area contributed by atoms with Gasteiger partial charge in [0.1, 0.15) is 17.1 Å². The van der Waals surface area contributed by atoms with Crippen molar-refractivity contribution < 1.29 is 18.7 Å². The van der Waals surface area contributed by atoms with Gasteiger partial charge < -0.3 is 13.9 Å². The summed E-state index contributed by atoms with van der Waals surface area (Å²) in [7, 11) is 3.21. The number of thiazole rings is 1. The number of ether oxygens (including phenoxy) is 2. The fourth-order valence-electron chi connectivity index (χ4n) is 3.01. The zero-order valence-corrected chi connectivity index (χ0v) is 16.4. The van der Waals surface area contributed by atoms with E-state index in [9.17, 15) is 4.79 Å². The minimum atomic E-state index is -0.327. The first-order valence-electron chi connectivity index (χ1n) is 8.58. The summed E-state index contributed by atoms with van der Waals surface area (Å²) in [6.07, 6.45) is 0. The quantitative estimate of drug-likeness (QED) is 0.508. The van der Waals surface area contributed by atoms with Gasteiger partial charge in [-0.3, -0.25) is 10.1 Å². The Kier molecular flexibility index (Phi) is 4.75. The molecule has 0 atom stereocenters. The monoisotopic (exact) mass is 394 g/mol. The van der Waals surface area contributed by atoms with Gasteiger partial charge in [0.05, 0.1) is 19.9 Å². The largest absolute Gasteiger partial charge is 0.497 e. The van der Waals surface area contributed by atoms with Crippen molar-refractivity contribution in [2.75, 3.05) is 19.5 Å². The zero-order chi connectivity index (χ0) is 19.7. The van der Waals surface area contributed by atoms with Crippen LogP contribution in [0, 0.1) is 6.92 Å². The molecule has 0 aliphatic carbocycles. The van der Waals surface area contributed by atoms with E-state index < -0.39 is 0 Å². The number of fused-ring (bicyclic) bond motifs is 1. The third-order valence-corrected chi connectivity index (χ3v) is 5.21. The molecule has 142 valence electrons. The first kappa shape index (κ1) is 18.1. The Morgan fingerprint density at radius 3 is 2.71 bits per heavy atom. The summed E-state index contributed by atoms with van der Waals surface area (Å²) in [5, 5.41) is 6.08. The van der Waals surface area contributed by atoms with Crippen molar-refractivity contribution in [3.8, 4) is 22.8 Å². The third kappa shape index (κ3) is 3.20. The first-order valence-corrected chi connectivity index (χ1v) is 9.46. The van der Waals surface area contributed by atoms with Gasteiger partial charge in [0.2, 0.25) is 0 Å². The molecule has 2 aromatic heterocycles. The fourth-order valence-corrected chi connectivity index (χ4v) is 3.72. The van der Waals surface area contributed by atoms with Gasteiger partial charge >= 0.3 is 0 Å². The molecule has 0 saturated carbocycles. The Labute approximate surface area is 165 Å². The highest BCUT2D eigenvalue weighted by Gasteiger charge is 2.19. The van der Waals surface area contributed by atoms with Gasteiger partial charge in [-0.25, -0.2) is 4.98 Å². The van der Waals surface area contributed by atoms with Crippen LogP contribution >= 0.6 is 11.3 Å². The van der Waals surface area contributed by atoms with Gasteiger partial charge in [-0.05, 0) is 31.2 Å². The number of carbonyl (C=O) groups excluding carboxylic acids is 1. The van der Waals surface area contributed by atoms with Crippen molar-refractivity contribution in [3.05, 3.63) is 59.2 Å². The highest BCUT2D eigenvalue weighted by Crippen LogP contribution is 2.35. The lowest BCUT2D eigenvalue weighted by atomic mass is 10.1. The minimum absolute atomic E-state index is 0.289. The number of rotatable bonds is 5. The van der Waals surface area contributed by atoms with E-state index in [1.165, 1.54) is 11.3 Å². The smallest absolute Gasteiger partial charge is 0.293 e. The van der Waals surface area contributed by atoms with Gasteiger partial charge in [0.15, 0.2) is 10.9 Å². The Morgan fingerprint density at radius 1 is 1.14 bits per heavy atom. The molecule has 0 aliphatic heterocycles. The fraction of sp³-hybridized carbons (Fsp3) is 0.143. The van der Waals surface area contributed by atoms with E-state index >= 15 is 0 Å². The molecule has 0 fully saturated rings. The molecular weight excluding hydrogens is 376 g/mol. The van der Waals surface area contributed by atoms with Gasteiger partial charge in [-0.2, -0.15) is 0 Å². The second kappa shape index (κ2) is 7.36. The maximum Gasteiger partial charge on any atom is 0.293 e. The number of nitrogens with zero attached hydrogens (tertiary/aromatic N) is 1. The lowest BCUT2D eigenvalue weighted by Crippen LogP contribution is -2.11. The number of para-hydroxylation sites is 1. The Morgan fingerprint density at radius 2 is 1.96 bits per heavy atom. The normalized spacial score (nSPS) is 10.8. The summed E-state index contributed by atoms with van der Waals surface area (Å²) in [6, 6.07) is 13.1. The summed E-state index contributed by atoms with van der Waals surface area (Å²) >= 11 is 1.33. The minimum Gasteiger partial charge on any atom is -0.497 e. The summed E-state index contributed by atoms with van der Waals surface area (Å²) in [5.74, 6) is 1.34. The number of anilines is 1. The van der Waals surface area contributed by atoms with Gasteiger partial charge in [-0.15, -0.1) is 11.3 Å². The lowest BCUT2D eigenvalue weighted by Gasteiger charge is -2.08. The second-order valence-corrected chi connectivity index (χ2v) is 6.97. The summed E-state index contributed by atoms with van der Waals surface area (Å²) in [4.78, 5) is 17.2.